The zero-order valence-corrected chi connectivity index (χ0v) is 10.9. The number of rotatable bonds is 8. The fourth-order valence-corrected chi connectivity index (χ4v) is 1.35. The van der Waals surface area contributed by atoms with Gasteiger partial charge >= 0.3 is 5.82 Å². The van der Waals surface area contributed by atoms with Crippen LogP contribution >= 0.6 is 0 Å². The highest BCUT2D eigenvalue weighted by molar-refractivity contribution is 5.51. The highest BCUT2D eigenvalue weighted by atomic mass is 16.6. The Morgan fingerprint density at radius 3 is 2.89 bits per heavy atom. The van der Waals surface area contributed by atoms with Gasteiger partial charge in [-0.15, -0.1) is 0 Å². The second-order valence-electron chi connectivity index (χ2n) is 4.13. The van der Waals surface area contributed by atoms with Crippen molar-refractivity contribution in [3.05, 3.63) is 16.4 Å². The maximum absolute atomic E-state index is 10.7. The standard InChI is InChI=1S/C10H19N5O3/c1-13(2)5-7-18-6-4-11-9-10(15(16)17)12-8-14(9)3/h8,11H,4-7H2,1-3H3. The molecule has 0 aliphatic heterocycles. The Morgan fingerprint density at radius 2 is 2.28 bits per heavy atom. The molecule has 0 unspecified atom stereocenters. The number of likely N-dealkylation sites (N-methyl/N-ethyl adjacent to an activating group) is 1. The van der Waals surface area contributed by atoms with Crippen LogP contribution < -0.4 is 5.32 Å². The minimum absolute atomic E-state index is 0.161. The van der Waals surface area contributed by atoms with E-state index in [1.807, 2.05) is 19.0 Å². The summed E-state index contributed by atoms with van der Waals surface area (Å²) in [5, 5.41) is 13.6. The predicted octanol–water partition coefficient (Wildman–Crippen LogP) is 0.318. The minimum atomic E-state index is -0.505. The van der Waals surface area contributed by atoms with Crippen LogP contribution in [0.2, 0.25) is 0 Å². The highest BCUT2D eigenvalue weighted by Crippen LogP contribution is 2.20. The molecule has 8 heteroatoms. The normalized spacial score (nSPS) is 10.9. The summed E-state index contributed by atoms with van der Waals surface area (Å²) in [6, 6.07) is 0. The summed E-state index contributed by atoms with van der Waals surface area (Å²) in [6.07, 6.45) is 1.41. The van der Waals surface area contributed by atoms with Crippen LogP contribution in [-0.2, 0) is 11.8 Å². The lowest BCUT2D eigenvalue weighted by atomic mass is 10.5. The number of ether oxygens (including phenoxy) is 1. The first-order chi connectivity index (χ1) is 8.52. The lowest BCUT2D eigenvalue weighted by Crippen LogP contribution is -2.20. The quantitative estimate of drug-likeness (QED) is 0.410. The summed E-state index contributed by atoms with van der Waals surface area (Å²) in [5.41, 5.74) is 0. The van der Waals surface area contributed by atoms with Crippen molar-refractivity contribution in [2.24, 2.45) is 7.05 Å². The molecule has 18 heavy (non-hydrogen) atoms. The second-order valence-corrected chi connectivity index (χ2v) is 4.13. The zero-order valence-electron chi connectivity index (χ0n) is 10.9. The first kappa shape index (κ1) is 14.4. The third-order valence-electron chi connectivity index (χ3n) is 2.31. The molecule has 0 atom stereocenters. The van der Waals surface area contributed by atoms with Crippen LogP contribution in [0.5, 0.6) is 0 Å². The topological polar surface area (TPSA) is 85.5 Å². The lowest BCUT2D eigenvalue weighted by Gasteiger charge is -2.10. The van der Waals surface area contributed by atoms with Gasteiger partial charge in [-0.05, 0) is 24.0 Å². The van der Waals surface area contributed by atoms with Gasteiger partial charge in [-0.2, -0.15) is 0 Å². The van der Waals surface area contributed by atoms with E-state index in [1.165, 1.54) is 6.33 Å². The van der Waals surface area contributed by atoms with E-state index in [9.17, 15) is 10.1 Å². The molecule has 0 radical (unpaired) electrons. The van der Waals surface area contributed by atoms with Crippen molar-refractivity contribution in [1.29, 1.82) is 0 Å². The van der Waals surface area contributed by atoms with Crippen LogP contribution in [0.1, 0.15) is 0 Å². The van der Waals surface area contributed by atoms with E-state index in [-0.39, 0.29) is 5.82 Å². The van der Waals surface area contributed by atoms with Gasteiger partial charge in [0.2, 0.25) is 12.1 Å². The molecule has 0 saturated carbocycles. The molecule has 0 spiro atoms. The first-order valence-corrected chi connectivity index (χ1v) is 5.64. The molecule has 0 aromatic carbocycles. The van der Waals surface area contributed by atoms with Crippen LogP contribution in [-0.4, -0.2) is 59.8 Å². The van der Waals surface area contributed by atoms with E-state index in [2.05, 4.69) is 10.3 Å². The third-order valence-corrected chi connectivity index (χ3v) is 2.31. The fourth-order valence-electron chi connectivity index (χ4n) is 1.35. The number of hydrogen-bond donors (Lipinski definition) is 1. The minimum Gasteiger partial charge on any atom is -0.378 e. The van der Waals surface area contributed by atoms with E-state index in [0.717, 1.165) is 6.54 Å². The Hall–Kier alpha value is -1.67. The molecular formula is C10H19N5O3. The summed E-state index contributed by atoms with van der Waals surface area (Å²) >= 11 is 0. The number of nitrogens with zero attached hydrogens (tertiary/aromatic N) is 4. The van der Waals surface area contributed by atoms with Crippen molar-refractivity contribution in [2.75, 3.05) is 45.7 Å². The Bertz CT molecular complexity index is 391. The molecule has 8 nitrogen and oxygen atoms in total. The molecule has 1 heterocycles. The van der Waals surface area contributed by atoms with Gasteiger partial charge in [0.15, 0.2) is 0 Å². The fraction of sp³-hybridized carbons (Fsp3) is 0.700. The van der Waals surface area contributed by atoms with Crippen LogP contribution in [0.4, 0.5) is 11.6 Å². The van der Waals surface area contributed by atoms with Gasteiger partial charge in [-0.1, -0.05) is 0 Å². The van der Waals surface area contributed by atoms with Crippen molar-refractivity contribution in [2.45, 2.75) is 0 Å². The number of imidazole rings is 1. The maximum atomic E-state index is 10.7. The summed E-state index contributed by atoms with van der Waals surface area (Å²) in [7, 11) is 5.65. The molecular weight excluding hydrogens is 238 g/mol. The number of hydrogen-bond acceptors (Lipinski definition) is 6. The van der Waals surface area contributed by atoms with Crippen molar-refractivity contribution < 1.29 is 9.66 Å². The third kappa shape index (κ3) is 4.30. The van der Waals surface area contributed by atoms with Crippen molar-refractivity contribution in [3.8, 4) is 0 Å². The van der Waals surface area contributed by atoms with Crippen molar-refractivity contribution >= 4 is 11.6 Å². The van der Waals surface area contributed by atoms with E-state index < -0.39 is 4.92 Å². The van der Waals surface area contributed by atoms with Gasteiger partial charge in [0.05, 0.1) is 13.2 Å². The van der Waals surface area contributed by atoms with Gasteiger partial charge in [0, 0.05) is 20.1 Å². The Labute approximate surface area is 106 Å². The summed E-state index contributed by atoms with van der Waals surface area (Å²) in [4.78, 5) is 15.9. The van der Waals surface area contributed by atoms with Gasteiger partial charge < -0.3 is 25.1 Å². The summed E-state index contributed by atoms with van der Waals surface area (Å²) in [6.45, 7) is 2.50. The lowest BCUT2D eigenvalue weighted by molar-refractivity contribution is -0.388. The molecule has 1 rings (SSSR count). The molecule has 102 valence electrons. The molecule has 1 N–H and O–H groups in total. The molecule has 0 bridgehead atoms. The van der Waals surface area contributed by atoms with Crippen molar-refractivity contribution in [3.63, 3.8) is 0 Å². The maximum Gasteiger partial charge on any atom is 0.406 e. The van der Waals surface area contributed by atoms with Gasteiger partial charge in [-0.3, -0.25) is 4.57 Å². The molecule has 0 aliphatic rings. The number of aromatic nitrogens is 2. The predicted molar refractivity (Wildman–Crippen MR) is 67.7 cm³/mol. The highest BCUT2D eigenvalue weighted by Gasteiger charge is 2.19. The number of nitro groups is 1. The van der Waals surface area contributed by atoms with E-state index in [0.29, 0.717) is 25.6 Å². The van der Waals surface area contributed by atoms with Crippen LogP contribution in [0.25, 0.3) is 0 Å². The smallest absolute Gasteiger partial charge is 0.378 e. The van der Waals surface area contributed by atoms with E-state index in [4.69, 9.17) is 4.74 Å². The molecule has 0 aliphatic carbocycles. The zero-order chi connectivity index (χ0) is 13.5. The average Bonchev–Trinajstić information content (AvgIpc) is 2.65. The molecule has 1 aromatic heterocycles. The largest absolute Gasteiger partial charge is 0.406 e. The number of aryl methyl sites for hydroxylation is 1. The average molecular weight is 257 g/mol. The summed E-state index contributed by atoms with van der Waals surface area (Å²) in [5.74, 6) is 0.238. The Balaban J connectivity index is 2.31. The van der Waals surface area contributed by atoms with Crippen LogP contribution in [0, 0.1) is 10.1 Å². The number of nitrogens with one attached hydrogen (secondary N) is 1. The monoisotopic (exact) mass is 257 g/mol. The molecule has 0 fully saturated rings. The van der Waals surface area contributed by atoms with Crippen LogP contribution in [0.3, 0.4) is 0 Å². The summed E-state index contributed by atoms with van der Waals surface area (Å²) < 4.78 is 6.96. The van der Waals surface area contributed by atoms with E-state index >= 15 is 0 Å². The van der Waals surface area contributed by atoms with Gasteiger partial charge in [0.1, 0.15) is 0 Å². The van der Waals surface area contributed by atoms with Crippen LogP contribution in [0.15, 0.2) is 6.33 Å². The van der Waals surface area contributed by atoms with Gasteiger partial charge in [0.25, 0.3) is 0 Å². The Morgan fingerprint density at radius 1 is 1.56 bits per heavy atom. The molecule has 0 saturated heterocycles. The van der Waals surface area contributed by atoms with E-state index in [1.54, 1.807) is 11.6 Å². The Kier molecular flexibility index (Phi) is 5.53. The SMILES string of the molecule is CN(C)CCOCCNc1c([N+](=O)[O-])ncn1C. The molecule has 0 amide bonds. The molecule has 1 aromatic rings. The van der Waals surface area contributed by atoms with Crippen molar-refractivity contribution in [1.82, 2.24) is 14.5 Å². The van der Waals surface area contributed by atoms with Gasteiger partial charge in [-0.25, -0.2) is 0 Å². The second kappa shape index (κ2) is 6.92. The number of anilines is 1. The first-order valence-electron chi connectivity index (χ1n) is 5.64.